The van der Waals surface area contributed by atoms with Crippen LogP contribution in [0.5, 0.6) is 0 Å². The van der Waals surface area contributed by atoms with E-state index in [1.54, 1.807) is 24.3 Å². The van der Waals surface area contributed by atoms with Crippen molar-refractivity contribution < 1.29 is 0 Å². The van der Waals surface area contributed by atoms with Gasteiger partial charge in [-0.3, -0.25) is 4.98 Å². The standard InChI is InChI=1S/C17H11N5/c1-12-3-2-4-16(21-12)13-5-7-15(8-6-13)22-17(11-20)14(9-18)10-19/h2-8,22H,1H3. The van der Waals surface area contributed by atoms with Crippen molar-refractivity contribution in [3.63, 3.8) is 0 Å². The third-order valence-electron chi connectivity index (χ3n) is 2.92. The molecule has 0 radical (unpaired) electrons. The maximum atomic E-state index is 9.00. The number of hydrogen-bond donors (Lipinski definition) is 1. The first-order valence-electron chi connectivity index (χ1n) is 6.43. The highest BCUT2D eigenvalue weighted by molar-refractivity contribution is 5.65. The third-order valence-corrected chi connectivity index (χ3v) is 2.92. The molecule has 0 saturated carbocycles. The minimum absolute atomic E-state index is 0.0635. The molecule has 0 aliphatic rings. The predicted molar refractivity (Wildman–Crippen MR) is 81.9 cm³/mol. The van der Waals surface area contributed by atoms with Crippen LogP contribution in [0.25, 0.3) is 11.3 Å². The lowest BCUT2D eigenvalue weighted by atomic mass is 10.1. The maximum absolute atomic E-state index is 9.00. The average Bonchev–Trinajstić information content (AvgIpc) is 2.55. The number of aromatic nitrogens is 1. The summed E-state index contributed by atoms with van der Waals surface area (Å²) in [5, 5.41) is 29.4. The fraction of sp³-hybridized carbons (Fsp3) is 0.0588. The monoisotopic (exact) mass is 285 g/mol. The molecule has 0 unspecified atom stereocenters. The van der Waals surface area contributed by atoms with E-state index in [2.05, 4.69) is 10.3 Å². The van der Waals surface area contributed by atoms with Gasteiger partial charge in [0, 0.05) is 16.9 Å². The molecule has 1 aromatic heterocycles. The highest BCUT2D eigenvalue weighted by atomic mass is 14.9. The quantitative estimate of drug-likeness (QED) is 0.873. The Balaban J connectivity index is 2.28. The zero-order valence-electron chi connectivity index (χ0n) is 11.8. The van der Waals surface area contributed by atoms with E-state index in [0.29, 0.717) is 5.69 Å². The molecule has 2 aromatic rings. The zero-order chi connectivity index (χ0) is 15.9. The summed E-state index contributed by atoms with van der Waals surface area (Å²) in [6, 6.07) is 18.2. The van der Waals surface area contributed by atoms with E-state index in [9.17, 15) is 0 Å². The van der Waals surface area contributed by atoms with Gasteiger partial charge in [-0.1, -0.05) is 18.2 Å². The molecule has 0 aliphatic carbocycles. The molecule has 5 nitrogen and oxygen atoms in total. The van der Waals surface area contributed by atoms with Crippen molar-refractivity contribution in [2.45, 2.75) is 6.92 Å². The van der Waals surface area contributed by atoms with Crippen LogP contribution < -0.4 is 5.32 Å². The van der Waals surface area contributed by atoms with Gasteiger partial charge in [-0.2, -0.15) is 15.8 Å². The van der Waals surface area contributed by atoms with Crippen molar-refractivity contribution in [1.29, 1.82) is 15.8 Å². The molecular weight excluding hydrogens is 274 g/mol. The molecule has 0 fully saturated rings. The fourth-order valence-electron chi connectivity index (χ4n) is 1.86. The summed E-state index contributed by atoms with van der Waals surface area (Å²) < 4.78 is 0. The summed E-state index contributed by atoms with van der Waals surface area (Å²) >= 11 is 0. The van der Waals surface area contributed by atoms with E-state index >= 15 is 0 Å². The second kappa shape index (κ2) is 6.70. The van der Waals surface area contributed by atoms with Crippen LogP contribution in [0.1, 0.15) is 5.69 Å². The number of rotatable bonds is 3. The normalized spacial score (nSPS) is 9.00. The molecule has 1 N–H and O–H groups in total. The number of allylic oxidation sites excluding steroid dienone is 2. The summed E-state index contributed by atoms with van der Waals surface area (Å²) in [7, 11) is 0. The van der Waals surface area contributed by atoms with Crippen molar-refractivity contribution >= 4 is 5.69 Å². The van der Waals surface area contributed by atoms with Gasteiger partial charge >= 0.3 is 0 Å². The molecule has 104 valence electrons. The summed E-state index contributed by atoms with van der Waals surface area (Å²) in [4.78, 5) is 4.44. The second-order valence-electron chi connectivity index (χ2n) is 4.45. The number of pyridine rings is 1. The molecule has 0 amide bonds. The van der Waals surface area contributed by atoms with Crippen LogP contribution in [0.2, 0.25) is 0 Å². The Kier molecular flexibility index (Phi) is 4.50. The molecule has 2 rings (SSSR count). The minimum Gasteiger partial charge on any atom is -0.345 e. The largest absolute Gasteiger partial charge is 0.345 e. The minimum atomic E-state index is -0.244. The average molecular weight is 285 g/mol. The zero-order valence-corrected chi connectivity index (χ0v) is 11.8. The van der Waals surface area contributed by atoms with Gasteiger partial charge in [-0.15, -0.1) is 0 Å². The highest BCUT2D eigenvalue weighted by Gasteiger charge is 2.06. The molecule has 5 heteroatoms. The van der Waals surface area contributed by atoms with Crippen molar-refractivity contribution in [3.05, 3.63) is 59.4 Å². The first kappa shape index (κ1) is 14.8. The number of anilines is 1. The van der Waals surface area contributed by atoms with Gasteiger partial charge in [0.15, 0.2) is 5.57 Å². The van der Waals surface area contributed by atoms with Crippen LogP contribution in [-0.2, 0) is 0 Å². The van der Waals surface area contributed by atoms with Crippen LogP contribution in [-0.4, -0.2) is 4.98 Å². The Labute approximate surface area is 128 Å². The third kappa shape index (κ3) is 3.28. The summed E-state index contributed by atoms with van der Waals surface area (Å²) in [5.74, 6) is 0. The van der Waals surface area contributed by atoms with Gasteiger partial charge in [0.25, 0.3) is 0 Å². The molecule has 0 bridgehead atoms. The Hall–Kier alpha value is -3.62. The number of nitriles is 3. The predicted octanol–water partition coefficient (Wildman–Crippen LogP) is 3.29. The van der Waals surface area contributed by atoms with Crippen molar-refractivity contribution in [3.8, 4) is 29.5 Å². The van der Waals surface area contributed by atoms with E-state index in [0.717, 1.165) is 17.0 Å². The molecule has 1 heterocycles. The second-order valence-corrected chi connectivity index (χ2v) is 4.45. The Bertz CT molecular complexity index is 826. The van der Waals surface area contributed by atoms with E-state index in [4.69, 9.17) is 15.8 Å². The number of hydrogen-bond acceptors (Lipinski definition) is 5. The fourth-order valence-corrected chi connectivity index (χ4v) is 1.86. The van der Waals surface area contributed by atoms with Crippen molar-refractivity contribution in [1.82, 2.24) is 4.98 Å². The van der Waals surface area contributed by atoms with Crippen molar-refractivity contribution in [2.75, 3.05) is 5.32 Å². The molecule has 22 heavy (non-hydrogen) atoms. The molecule has 0 atom stereocenters. The van der Waals surface area contributed by atoms with E-state index in [1.165, 1.54) is 0 Å². The van der Waals surface area contributed by atoms with Crippen LogP contribution in [0.15, 0.2) is 53.7 Å². The summed E-state index contributed by atoms with van der Waals surface area (Å²) in [6.07, 6.45) is 0. The van der Waals surface area contributed by atoms with E-state index < -0.39 is 0 Å². The smallest absolute Gasteiger partial charge is 0.163 e. The van der Waals surface area contributed by atoms with Crippen LogP contribution in [0.4, 0.5) is 5.69 Å². The SMILES string of the molecule is Cc1cccc(-c2ccc(NC(C#N)=C(C#N)C#N)cc2)n1. The van der Waals surface area contributed by atoms with Crippen molar-refractivity contribution in [2.24, 2.45) is 0 Å². The summed E-state index contributed by atoms with van der Waals surface area (Å²) in [5.41, 5.74) is 3.05. The topological polar surface area (TPSA) is 96.3 Å². The first-order valence-corrected chi connectivity index (χ1v) is 6.43. The van der Waals surface area contributed by atoms with Gasteiger partial charge in [-0.05, 0) is 31.2 Å². The van der Waals surface area contributed by atoms with Crippen LogP contribution in [0, 0.1) is 40.9 Å². The molecule has 0 spiro atoms. The van der Waals surface area contributed by atoms with Gasteiger partial charge in [-0.25, -0.2) is 0 Å². The molecule has 1 aromatic carbocycles. The van der Waals surface area contributed by atoms with Crippen LogP contribution >= 0.6 is 0 Å². The van der Waals surface area contributed by atoms with Gasteiger partial charge < -0.3 is 5.32 Å². The Morgan fingerprint density at radius 2 is 1.64 bits per heavy atom. The summed E-state index contributed by atoms with van der Waals surface area (Å²) in [6.45, 7) is 1.93. The molecule has 0 saturated heterocycles. The van der Waals surface area contributed by atoms with Gasteiger partial charge in [0.1, 0.15) is 23.9 Å². The van der Waals surface area contributed by atoms with Gasteiger partial charge in [0.2, 0.25) is 0 Å². The lowest BCUT2D eigenvalue weighted by Crippen LogP contribution is -2.00. The first-order chi connectivity index (χ1) is 10.7. The number of benzene rings is 1. The molecular formula is C17H11N5. The lowest BCUT2D eigenvalue weighted by Gasteiger charge is -2.06. The Morgan fingerprint density at radius 3 is 2.18 bits per heavy atom. The van der Waals surface area contributed by atoms with Crippen LogP contribution in [0.3, 0.4) is 0 Å². The Morgan fingerprint density at radius 1 is 0.955 bits per heavy atom. The lowest BCUT2D eigenvalue weighted by molar-refractivity contribution is 1.20. The van der Waals surface area contributed by atoms with Gasteiger partial charge in [0.05, 0.1) is 5.69 Å². The maximum Gasteiger partial charge on any atom is 0.163 e. The molecule has 0 aliphatic heterocycles. The number of aryl methyl sites for hydroxylation is 1. The number of nitrogens with one attached hydrogen (secondary N) is 1. The highest BCUT2D eigenvalue weighted by Crippen LogP contribution is 2.21. The van der Waals surface area contributed by atoms with E-state index in [-0.39, 0.29) is 11.3 Å². The van der Waals surface area contributed by atoms with E-state index in [1.807, 2.05) is 43.3 Å². The number of nitrogens with zero attached hydrogens (tertiary/aromatic N) is 4.